The summed E-state index contributed by atoms with van der Waals surface area (Å²) in [5, 5.41) is 0. The molecule has 10 heavy (non-hydrogen) atoms. The van der Waals surface area contributed by atoms with Gasteiger partial charge in [-0.05, 0) is 29.6 Å². The average molecular weight is 173 g/mol. The Labute approximate surface area is 71.4 Å². The summed E-state index contributed by atoms with van der Waals surface area (Å²) in [5.74, 6) is 0.938. The minimum atomic E-state index is 0.885. The molecule has 1 aliphatic heterocycles. The summed E-state index contributed by atoms with van der Waals surface area (Å²) in [6, 6.07) is 0. The molecule has 1 aliphatic rings. The van der Waals surface area contributed by atoms with Crippen molar-refractivity contribution in [1.29, 1.82) is 0 Å². The van der Waals surface area contributed by atoms with Gasteiger partial charge in [-0.3, -0.25) is 4.99 Å². The third-order valence-electron chi connectivity index (χ3n) is 1.41. The van der Waals surface area contributed by atoms with Gasteiger partial charge < -0.3 is 0 Å². The van der Waals surface area contributed by atoms with Crippen LogP contribution in [0.25, 0.3) is 0 Å². The van der Waals surface area contributed by atoms with Gasteiger partial charge in [-0.1, -0.05) is 11.8 Å². The lowest BCUT2D eigenvalue weighted by atomic mass is 10.2. The minimum absolute atomic E-state index is 0.885. The number of allylic oxidation sites excluding steroid dienone is 1. The molecular formula is C7H11NS2. The number of hydrogen-bond acceptors (Lipinski definition) is 3. The second kappa shape index (κ2) is 4.09. The predicted molar refractivity (Wildman–Crippen MR) is 52.1 cm³/mol. The maximum Gasteiger partial charge on any atom is 0.0614 e. The Bertz CT molecular complexity index is 172. The van der Waals surface area contributed by atoms with Gasteiger partial charge in [-0.2, -0.15) is 12.6 Å². The van der Waals surface area contributed by atoms with E-state index in [9.17, 15) is 0 Å². The van der Waals surface area contributed by atoms with Crippen LogP contribution in [0.1, 0.15) is 13.3 Å². The molecule has 0 saturated carbocycles. The molecule has 0 saturated heterocycles. The Hall–Kier alpha value is 0.110. The van der Waals surface area contributed by atoms with Crippen molar-refractivity contribution in [2.75, 3.05) is 12.3 Å². The number of thioether (sulfide) groups is 1. The first-order chi connectivity index (χ1) is 4.84. The molecule has 0 unspecified atom stereocenters. The smallest absolute Gasteiger partial charge is 0.0614 e. The van der Waals surface area contributed by atoms with Crippen molar-refractivity contribution in [2.45, 2.75) is 13.3 Å². The highest BCUT2D eigenvalue weighted by atomic mass is 32.2. The molecule has 0 aromatic carbocycles. The molecule has 0 aromatic heterocycles. The Morgan fingerprint density at radius 2 is 2.60 bits per heavy atom. The lowest BCUT2D eigenvalue weighted by Gasteiger charge is -2.10. The summed E-state index contributed by atoms with van der Waals surface area (Å²) in [4.78, 5) is 5.59. The maximum atomic E-state index is 4.18. The highest BCUT2D eigenvalue weighted by molar-refractivity contribution is 8.15. The highest BCUT2D eigenvalue weighted by Gasteiger charge is 2.04. The monoisotopic (exact) mass is 173 g/mol. The molecule has 56 valence electrons. The molecule has 1 rings (SSSR count). The number of thiol groups is 1. The van der Waals surface area contributed by atoms with E-state index in [-0.39, 0.29) is 0 Å². The predicted octanol–water partition coefficient (Wildman–Crippen LogP) is 2.36. The molecule has 1 heterocycles. The first-order valence-electron chi connectivity index (χ1n) is 3.29. The van der Waals surface area contributed by atoms with Crippen LogP contribution in [0.4, 0.5) is 0 Å². The van der Waals surface area contributed by atoms with Crippen LogP contribution in [-0.2, 0) is 0 Å². The van der Waals surface area contributed by atoms with Gasteiger partial charge in [-0.15, -0.1) is 0 Å². The fourth-order valence-corrected chi connectivity index (χ4v) is 1.97. The number of hydrogen-bond donors (Lipinski definition) is 1. The standard InChI is InChI=1S/C7H11NS2/c1-6-4-8-5-10-7(6)2-3-9/h5,9H,2-4H2,1H3. The summed E-state index contributed by atoms with van der Waals surface area (Å²) in [6.45, 7) is 3.03. The van der Waals surface area contributed by atoms with E-state index in [4.69, 9.17) is 0 Å². The quantitative estimate of drug-likeness (QED) is 0.632. The van der Waals surface area contributed by atoms with Crippen molar-refractivity contribution in [3.05, 3.63) is 10.5 Å². The third-order valence-corrected chi connectivity index (χ3v) is 2.73. The minimum Gasteiger partial charge on any atom is -0.282 e. The van der Waals surface area contributed by atoms with Crippen molar-refractivity contribution in [3.63, 3.8) is 0 Å². The molecule has 0 N–H and O–H groups in total. The summed E-state index contributed by atoms with van der Waals surface area (Å²) in [6.07, 6.45) is 1.09. The zero-order valence-electron chi connectivity index (χ0n) is 6.00. The van der Waals surface area contributed by atoms with Gasteiger partial charge in [-0.25, -0.2) is 0 Å². The molecular weight excluding hydrogens is 162 g/mol. The number of nitrogens with zero attached hydrogens (tertiary/aromatic N) is 1. The highest BCUT2D eigenvalue weighted by Crippen LogP contribution is 2.24. The van der Waals surface area contributed by atoms with Crippen molar-refractivity contribution in [3.8, 4) is 0 Å². The van der Waals surface area contributed by atoms with Crippen LogP contribution in [0, 0.1) is 0 Å². The number of aliphatic imine (C=N–C) groups is 1. The van der Waals surface area contributed by atoms with E-state index in [0.717, 1.165) is 18.7 Å². The van der Waals surface area contributed by atoms with Crippen molar-refractivity contribution < 1.29 is 0 Å². The summed E-state index contributed by atoms with van der Waals surface area (Å²) >= 11 is 5.91. The molecule has 0 fully saturated rings. The molecule has 1 nitrogen and oxygen atoms in total. The first-order valence-corrected chi connectivity index (χ1v) is 4.80. The molecule has 0 amide bonds. The van der Waals surface area contributed by atoms with Crippen LogP contribution in [-0.4, -0.2) is 17.8 Å². The van der Waals surface area contributed by atoms with Gasteiger partial charge >= 0.3 is 0 Å². The van der Waals surface area contributed by atoms with Gasteiger partial charge in [0.1, 0.15) is 0 Å². The van der Waals surface area contributed by atoms with E-state index in [1.54, 1.807) is 11.8 Å². The van der Waals surface area contributed by atoms with Gasteiger partial charge in [0.25, 0.3) is 0 Å². The second-order valence-electron chi connectivity index (χ2n) is 2.24. The summed E-state index contributed by atoms with van der Waals surface area (Å²) < 4.78 is 0. The van der Waals surface area contributed by atoms with Crippen molar-refractivity contribution >= 4 is 29.9 Å². The van der Waals surface area contributed by atoms with Crippen LogP contribution in [0.2, 0.25) is 0 Å². The molecule has 0 bridgehead atoms. The Morgan fingerprint density at radius 3 is 3.20 bits per heavy atom. The van der Waals surface area contributed by atoms with Crippen LogP contribution in [0.15, 0.2) is 15.5 Å². The van der Waals surface area contributed by atoms with Crippen LogP contribution < -0.4 is 0 Å². The van der Waals surface area contributed by atoms with Crippen LogP contribution >= 0.6 is 24.4 Å². The summed E-state index contributed by atoms with van der Waals surface area (Å²) in [7, 11) is 0. The Kier molecular flexibility index (Phi) is 3.35. The van der Waals surface area contributed by atoms with Crippen molar-refractivity contribution in [2.24, 2.45) is 4.99 Å². The van der Waals surface area contributed by atoms with E-state index < -0.39 is 0 Å². The second-order valence-corrected chi connectivity index (χ2v) is 3.63. The molecule has 3 heteroatoms. The van der Waals surface area contributed by atoms with Crippen LogP contribution in [0.5, 0.6) is 0 Å². The third kappa shape index (κ3) is 2.06. The fraction of sp³-hybridized carbons (Fsp3) is 0.571. The van der Waals surface area contributed by atoms with E-state index in [0.29, 0.717) is 0 Å². The molecule has 0 atom stereocenters. The van der Waals surface area contributed by atoms with Gasteiger partial charge in [0.15, 0.2) is 0 Å². The summed E-state index contributed by atoms with van der Waals surface area (Å²) in [5.41, 5.74) is 3.33. The Morgan fingerprint density at radius 1 is 1.80 bits per heavy atom. The molecule has 0 radical (unpaired) electrons. The normalized spacial score (nSPS) is 18.2. The van der Waals surface area contributed by atoms with Crippen molar-refractivity contribution in [1.82, 2.24) is 0 Å². The van der Waals surface area contributed by atoms with Gasteiger partial charge in [0, 0.05) is 0 Å². The van der Waals surface area contributed by atoms with E-state index in [1.807, 2.05) is 5.55 Å². The van der Waals surface area contributed by atoms with Gasteiger partial charge in [0.05, 0.1) is 12.1 Å². The number of rotatable bonds is 2. The topological polar surface area (TPSA) is 12.4 Å². The molecule has 0 aliphatic carbocycles. The van der Waals surface area contributed by atoms with Gasteiger partial charge in [0.2, 0.25) is 0 Å². The lowest BCUT2D eigenvalue weighted by Crippen LogP contribution is -1.95. The van der Waals surface area contributed by atoms with Crippen LogP contribution in [0.3, 0.4) is 0 Å². The van der Waals surface area contributed by atoms with E-state index in [1.165, 1.54) is 10.5 Å². The molecule has 0 aromatic rings. The lowest BCUT2D eigenvalue weighted by molar-refractivity contribution is 1.08. The zero-order valence-corrected chi connectivity index (χ0v) is 7.71. The average Bonchev–Trinajstić information content (AvgIpc) is 1.94. The molecule has 0 spiro atoms. The first kappa shape index (κ1) is 8.21. The van der Waals surface area contributed by atoms with E-state index in [2.05, 4.69) is 24.5 Å². The van der Waals surface area contributed by atoms with E-state index >= 15 is 0 Å². The SMILES string of the molecule is CC1=C(CCS)SC=NC1. The fourth-order valence-electron chi connectivity index (χ4n) is 0.838. The Balaban J connectivity index is 2.53. The zero-order chi connectivity index (χ0) is 7.40. The largest absolute Gasteiger partial charge is 0.282 e. The maximum absolute atomic E-state index is 4.18.